The number of ether oxygens (including phenoxy) is 2. The van der Waals surface area contributed by atoms with Crippen LogP contribution in [0.25, 0.3) is 0 Å². The number of rotatable bonds is 6. The molecule has 0 radical (unpaired) electrons. The third-order valence-electron chi connectivity index (χ3n) is 7.06. The smallest absolute Gasteiger partial charge is 0.303 e. The first-order valence-corrected chi connectivity index (χ1v) is 14.6. The zero-order chi connectivity index (χ0) is 31.2. The topological polar surface area (TPSA) is 169 Å². The predicted octanol–water partition coefficient (Wildman–Crippen LogP) is -0.00680. The lowest BCUT2D eigenvalue weighted by molar-refractivity contribution is -0.355. The largest absolute Gasteiger partial charge is 0.489 e. The van der Waals surface area contributed by atoms with Crippen LogP contribution in [0.3, 0.4) is 0 Å². The number of benzene rings is 2. The van der Waals surface area contributed by atoms with Gasteiger partial charge >= 0.3 is 5.79 Å². The van der Waals surface area contributed by atoms with Crippen LogP contribution in [-0.2, 0) is 34.0 Å². The molecule has 0 bridgehead atoms. The maximum absolute atomic E-state index is 13.1. The fraction of sp³-hybridized carbons (Fsp3) is 0.483. The molecule has 2 atom stereocenters. The second-order valence-corrected chi connectivity index (χ2v) is 10.2. The number of piperidine rings is 1. The molecule has 3 aliphatic rings. The Labute approximate surface area is 247 Å². The molecule has 2 aromatic rings. The number of morpholine rings is 1. The highest BCUT2D eigenvalue weighted by atomic mass is 31.0. The first kappa shape index (κ1) is 33.5. The van der Waals surface area contributed by atoms with Gasteiger partial charge in [-0.15, -0.1) is 9.24 Å². The maximum Gasteiger partial charge on any atom is 0.303 e. The van der Waals surface area contributed by atoms with Crippen molar-refractivity contribution in [2.75, 3.05) is 26.3 Å². The third kappa shape index (κ3) is 6.50. The second kappa shape index (κ2) is 14.0. The van der Waals surface area contributed by atoms with Crippen molar-refractivity contribution in [1.29, 1.82) is 0 Å². The summed E-state index contributed by atoms with van der Waals surface area (Å²) < 4.78 is 11.5. The van der Waals surface area contributed by atoms with E-state index in [4.69, 9.17) is 9.47 Å². The molecule has 0 aromatic heterocycles. The van der Waals surface area contributed by atoms with E-state index in [1.807, 2.05) is 33.8 Å². The highest BCUT2D eigenvalue weighted by Crippen LogP contribution is 2.37. The van der Waals surface area contributed by atoms with Gasteiger partial charge in [-0.3, -0.25) is 24.6 Å². The van der Waals surface area contributed by atoms with Crippen LogP contribution >= 0.6 is 9.24 Å². The number of imide groups is 1. The van der Waals surface area contributed by atoms with Crippen molar-refractivity contribution in [3.8, 4) is 5.75 Å². The number of nitrogens with one attached hydrogen (secondary N) is 1. The van der Waals surface area contributed by atoms with Crippen molar-refractivity contribution >= 4 is 32.3 Å². The van der Waals surface area contributed by atoms with Gasteiger partial charge in [-0.2, -0.15) is 0 Å². The van der Waals surface area contributed by atoms with Gasteiger partial charge in [0.2, 0.25) is 0 Å². The van der Waals surface area contributed by atoms with Crippen LogP contribution in [0.2, 0.25) is 0 Å². The predicted molar refractivity (Wildman–Crippen MR) is 157 cm³/mol. The van der Waals surface area contributed by atoms with Gasteiger partial charge in [0.05, 0.1) is 19.8 Å². The standard InChI is InChI=1S/C25H28N3O9P.2C2H6/c29-21-20(24(32,33)25(34,35)23(31)26-21)28-12-17-16(22(28)30)2-1-3-18(17)37-13-15-10-14(4-5-19(15)38)11-27-6-8-36-9-7-27;2*1-2/h1-5,10,20,32-35H,6-9,11-13,38H2,(H,26,29,31);2*1-2H3. The lowest BCUT2D eigenvalue weighted by Crippen LogP contribution is -2.79. The van der Waals surface area contributed by atoms with Crippen molar-refractivity contribution in [2.45, 2.75) is 65.0 Å². The Morgan fingerprint density at radius 3 is 2.36 bits per heavy atom. The average Bonchev–Trinajstić information content (AvgIpc) is 3.31. The summed E-state index contributed by atoms with van der Waals surface area (Å²) in [6.45, 7) is 11.8. The molecule has 230 valence electrons. The molecule has 0 aliphatic carbocycles. The van der Waals surface area contributed by atoms with Crippen molar-refractivity contribution in [3.63, 3.8) is 0 Å². The van der Waals surface area contributed by atoms with Gasteiger partial charge in [0.15, 0.2) is 6.04 Å². The van der Waals surface area contributed by atoms with E-state index in [0.29, 0.717) is 24.5 Å². The minimum Gasteiger partial charge on any atom is -0.489 e. The Kier molecular flexibility index (Phi) is 11.2. The molecule has 2 unspecified atom stereocenters. The van der Waals surface area contributed by atoms with Crippen molar-refractivity contribution in [1.82, 2.24) is 15.1 Å². The van der Waals surface area contributed by atoms with Crippen molar-refractivity contribution < 1.29 is 44.3 Å². The molecule has 3 aliphatic heterocycles. The molecule has 0 saturated carbocycles. The van der Waals surface area contributed by atoms with Gasteiger partial charge < -0.3 is 34.8 Å². The molecule has 2 fully saturated rings. The summed E-state index contributed by atoms with van der Waals surface area (Å²) in [4.78, 5) is 40.5. The summed E-state index contributed by atoms with van der Waals surface area (Å²) in [6.07, 6.45) is 0. The zero-order valence-electron chi connectivity index (χ0n) is 24.3. The van der Waals surface area contributed by atoms with Gasteiger partial charge in [0.25, 0.3) is 23.5 Å². The van der Waals surface area contributed by atoms with Crippen molar-refractivity contribution in [2.24, 2.45) is 0 Å². The van der Waals surface area contributed by atoms with Gasteiger partial charge in [-0.05, 0) is 28.6 Å². The number of aliphatic hydroxyl groups is 4. The third-order valence-corrected chi connectivity index (χ3v) is 7.62. The Morgan fingerprint density at radius 1 is 1.02 bits per heavy atom. The molecule has 42 heavy (non-hydrogen) atoms. The van der Waals surface area contributed by atoms with E-state index in [1.165, 1.54) is 6.07 Å². The minimum atomic E-state index is -3.72. The van der Waals surface area contributed by atoms with Crippen LogP contribution in [0.15, 0.2) is 36.4 Å². The molecular weight excluding hydrogens is 565 g/mol. The summed E-state index contributed by atoms with van der Waals surface area (Å²) in [5.41, 5.74) is 2.57. The number of hydrogen-bond acceptors (Lipinski definition) is 10. The average molecular weight is 606 g/mol. The maximum atomic E-state index is 13.1. The number of fused-ring (bicyclic) bond motifs is 1. The Balaban J connectivity index is 0.00000116. The summed E-state index contributed by atoms with van der Waals surface area (Å²) in [5, 5.41) is 43.3. The van der Waals surface area contributed by atoms with Crippen LogP contribution in [0.1, 0.15) is 54.7 Å². The number of carbonyl (C=O) groups is 3. The molecule has 2 saturated heterocycles. The fourth-order valence-electron chi connectivity index (χ4n) is 4.89. The Morgan fingerprint density at radius 2 is 1.69 bits per heavy atom. The molecule has 12 nitrogen and oxygen atoms in total. The number of carbonyl (C=O) groups excluding carboxylic acids is 3. The van der Waals surface area contributed by atoms with E-state index in [9.17, 15) is 34.8 Å². The highest BCUT2D eigenvalue weighted by molar-refractivity contribution is 7.27. The molecule has 0 spiro atoms. The van der Waals surface area contributed by atoms with Crippen LogP contribution in [-0.4, -0.2) is 91.9 Å². The normalized spacial score (nSPS) is 20.9. The number of nitrogens with zero attached hydrogens (tertiary/aromatic N) is 2. The molecule has 2 aromatic carbocycles. The molecule has 3 amide bonds. The second-order valence-electron chi connectivity index (χ2n) is 9.54. The van der Waals surface area contributed by atoms with E-state index in [1.54, 1.807) is 17.4 Å². The van der Waals surface area contributed by atoms with E-state index in [2.05, 4.69) is 26.3 Å². The molecule has 3 heterocycles. The minimum absolute atomic E-state index is 0.150. The quantitative estimate of drug-likeness (QED) is 0.172. The van der Waals surface area contributed by atoms with Crippen LogP contribution in [0, 0.1) is 0 Å². The monoisotopic (exact) mass is 605 g/mol. The van der Waals surface area contributed by atoms with E-state index in [0.717, 1.165) is 41.0 Å². The van der Waals surface area contributed by atoms with Crippen molar-refractivity contribution in [3.05, 3.63) is 58.7 Å². The van der Waals surface area contributed by atoms with Gasteiger partial charge in [-0.25, -0.2) is 0 Å². The first-order valence-electron chi connectivity index (χ1n) is 14.0. The number of hydrogen-bond donors (Lipinski definition) is 5. The molecule has 13 heteroatoms. The summed E-state index contributed by atoms with van der Waals surface area (Å²) in [5.74, 6) is -10.8. The van der Waals surface area contributed by atoms with Crippen LogP contribution in [0.4, 0.5) is 0 Å². The van der Waals surface area contributed by atoms with Gasteiger partial charge in [0.1, 0.15) is 12.4 Å². The number of amides is 3. The van der Waals surface area contributed by atoms with Crippen LogP contribution < -0.4 is 15.4 Å². The Hall–Kier alpha value is -2.96. The lowest BCUT2D eigenvalue weighted by atomic mass is 9.90. The summed E-state index contributed by atoms with van der Waals surface area (Å²) >= 11 is 0. The van der Waals surface area contributed by atoms with Gasteiger partial charge in [0, 0.05) is 30.8 Å². The van der Waals surface area contributed by atoms with E-state index < -0.39 is 35.3 Å². The lowest BCUT2D eigenvalue weighted by Gasteiger charge is -2.44. The fourth-order valence-corrected chi connectivity index (χ4v) is 5.15. The van der Waals surface area contributed by atoms with Gasteiger partial charge in [-0.1, -0.05) is 52.0 Å². The first-order chi connectivity index (χ1) is 20.0. The summed E-state index contributed by atoms with van der Waals surface area (Å²) in [7, 11) is 2.67. The molecule has 5 N–H and O–H groups in total. The summed E-state index contributed by atoms with van der Waals surface area (Å²) in [6, 6.07) is 8.64. The zero-order valence-corrected chi connectivity index (χ0v) is 25.4. The Bertz CT molecular complexity index is 1300. The molecule has 5 rings (SSSR count). The molecular formula is C29H40N3O9P. The van der Waals surface area contributed by atoms with E-state index >= 15 is 0 Å². The highest BCUT2D eigenvalue weighted by Gasteiger charge is 2.67. The van der Waals surface area contributed by atoms with Crippen LogP contribution in [0.5, 0.6) is 5.75 Å². The van der Waals surface area contributed by atoms with E-state index in [-0.39, 0.29) is 18.7 Å². The SMILES string of the molecule is CC.CC.O=C1NC(=O)C(O)(O)C(O)(O)C1N1Cc2c(OCc3cc(CN4CCOCC4)ccc3P)cccc2C1=O.